The zero-order valence-corrected chi connectivity index (χ0v) is 10.8. The van der Waals surface area contributed by atoms with Gasteiger partial charge >= 0.3 is 6.18 Å². The summed E-state index contributed by atoms with van der Waals surface area (Å²) in [6, 6.07) is 0. The molecule has 8 heteroatoms. The molecule has 0 aromatic carbocycles. The van der Waals surface area contributed by atoms with Gasteiger partial charge in [0.05, 0.1) is 6.54 Å². The Morgan fingerprint density at radius 3 is 2.21 bits per heavy atom. The summed E-state index contributed by atoms with van der Waals surface area (Å²) in [5.74, 6) is -1.01. The van der Waals surface area contributed by atoms with E-state index >= 15 is 0 Å². The molecule has 0 atom stereocenters. The fraction of sp³-hybridized carbons (Fsp3) is 0.818. The summed E-state index contributed by atoms with van der Waals surface area (Å²) in [5.41, 5.74) is 0. The van der Waals surface area contributed by atoms with Crippen molar-refractivity contribution in [2.75, 3.05) is 39.3 Å². The van der Waals surface area contributed by atoms with Crippen LogP contribution < -0.4 is 5.32 Å². The highest BCUT2D eigenvalue weighted by Crippen LogP contribution is 2.21. The predicted octanol–water partition coefficient (Wildman–Crippen LogP) is 0.219. The van der Waals surface area contributed by atoms with E-state index in [0.717, 1.165) is 0 Å². The fourth-order valence-electron chi connectivity index (χ4n) is 1.89. The van der Waals surface area contributed by atoms with E-state index in [0.29, 0.717) is 19.6 Å². The Kier molecular flexibility index (Phi) is 5.59. The van der Waals surface area contributed by atoms with Gasteiger partial charge in [0.25, 0.3) is 0 Å². The molecule has 1 aliphatic rings. The number of likely N-dealkylation sites (N-methyl/N-ethyl adjacent to an activating group) is 1. The maximum absolute atomic E-state index is 12.1. The van der Waals surface area contributed by atoms with Crippen molar-refractivity contribution in [1.29, 1.82) is 0 Å². The average Bonchev–Trinajstić information content (AvgIpc) is 2.27. The minimum atomic E-state index is -4.46. The van der Waals surface area contributed by atoms with Gasteiger partial charge in [0, 0.05) is 32.7 Å². The second-order valence-corrected chi connectivity index (χ2v) is 4.40. The maximum atomic E-state index is 12.1. The zero-order valence-electron chi connectivity index (χ0n) is 10.8. The Balaban J connectivity index is 2.32. The van der Waals surface area contributed by atoms with Crippen LogP contribution >= 0.6 is 0 Å². The largest absolute Gasteiger partial charge is 0.397 e. The third kappa shape index (κ3) is 5.91. The van der Waals surface area contributed by atoms with Crippen molar-refractivity contribution in [3.05, 3.63) is 0 Å². The second-order valence-electron chi connectivity index (χ2n) is 4.40. The van der Waals surface area contributed by atoms with E-state index in [2.05, 4.69) is 5.32 Å². The number of hydrogen-bond donors (Lipinski definition) is 1. The number of carbonyl (C=O) groups is 2. The van der Waals surface area contributed by atoms with Gasteiger partial charge in [0.1, 0.15) is 6.42 Å². The molecule has 0 saturated carbocycles. The summed E-state index contributed by atoms with van der Waals surface area (Å²) in [6.07, 6.45) is -5.88. The van der Waals surface area contributed by atoms with Crippen LogP contribution in [0.25, 0.3) is 0 Å². The number of carbonyl (C=O) groups excluding carboxylic acids is 2. The molecule has 110 valence electrons. The molecule has 0 bridgehead atoms. The molecule has 5 nitrogen and oxygen atoms in total. The predicted molar refractivity (Wildman–Crippen MR) is 62.4 cm³/mol. The zero-order chi connectivity index (χ0) is 14.5. The van der Waals surface area contributed by atoms with Crippen LogP contribution in [-0.4, -0.2) is 67.1 Å². The number of rotatable bonds is 4. The maximum Gasteiger partial charge on any atom is 0.397 e. The van der Waals surface area contributed by atoms with Crippen molar-refractivity contribution < 1.29 is 22.8 Å². The van der Waals surface area contributed by atoms with Crippen molar-refractivity contribution in [3.63, 3.8) is 0 Å². The van der Waals surface area contributed by atoms with E-state index in [1.54, 1.807) is 0 Å². The molecule has 2 amide bonds. The Hall–Kier alpha value is -1.31. The first kappa shape index (κ1) is 15.7. The molecule has 1 saturated heterocycles. The third-order valence-corrected chi connectivity index (χ3v) is 2.82. The molecule has 1 N–H and O–H groups in total. The summed E-state index contributed by atoms with van der Waals surface area (Å²) in [4.78, 5) is 25.7. The Labute approximate surface area is 109 Å². The molecule has 1 aliphatic heterocycles. The topological polar surface area (TPSA) is 52.7 Å². The van der Waals surface area contributed by atoms with Gasteiger partial charge in [-0.2, -0.15) is 13.2 Å². The summed E-state index contributed by atoms with van der Waals surface area (Å²) < 4.78 is 36.3. The summed E-state index contributed by atoms with van der Waals surface area (Å²) in [5, 5.41) is 2.65. The number of nitrogens with one attached hydrogen (secondary N) is 1. The lowest BCUT2D eigenvalue weighted by molar-refractivity contribution is -0.162. The van der Waals surface area contributed by atoms with Gasteiger partial charge < -0.3 is 10.2 Å². The van der Waals surface area contributed by atoms with Gasteiger partial charge in [-0.25, -0.2) is 0 Å². The van der Waals surface area contributed by atoms with Crippen LogP contribution in [-0.2, 0) is 9.59 Å². The first-order chi connectivity index (χ1) is 8.81. The second kappa shape index (κ2) is 6.74. The minimum absolute atomic E-state index is 0.113. The van der Waals surface area contributed by atoms with Gasteiger partial charge in [-0.3, -0.25) is 14.5 Å². The molecular weight excluding hydrogens is 263 g/mol. The first-order valence-corrected chi connectivity index (χ1v) is 6.15. The normalized spacial score (nSPS) is 17.4. The summed E-state index contributed by atoms with van der Waals surface area (Å²) in [7, 11) is 0. The molecule has 0 aromatic heterocycles. The number of nitrogens with zero attached hydrogens (tertiary/aromatic N) is 2. The lowest BCUT2D eigenvalue weighted by Gasteiger charge is -2.34. The van der Waals surface area contributed by atoms with Crippen LogP contribution in [0.5, 0.6) is 0 Å². The lowest BCUT2D eigenvalue weighted by Crippen LogP contribution is -2.51. The van der Waals surface area contributed by atoms with Crippen molar-refractivity contribution in [2.45, 2.75) is 19.5 Å². The fourth-order valence-corrected chi connectivity index (χ4v) is 1.89. The van der Waals surface area contributed by atoms with E-state index in [1.807, 2.05) is 11.8 Å². The van der Waals surface area contributed by atoms with Crippen molar-refractivity contribution in [2.24, 2.45) is 0 Å². The average molecular weight is 281 g/mol. The highest BCUT2D eigenvalue weighted by Gasteiger charge is 2.34. The van der Waals surface area contributed by atoms with Crippen LogP contribution in [0, 0.1) is 0 Å². The molecule has 0 unspecified atom stereocenters. The molecule has 0 aliphatic carbocycles. The van der Waals surface area contributed by atoms with Gasteiger partial charge in [0.15, 0.2) is 0 Å². The van der Waals surface area contributed by atoms with Crippen LogP contribution in [0.4, 0.5) is 13.2 Å². The molecule has 0 spiro atoms. The number of halogens is 3. The van der Waals surface area contributed by atoms with E-state index in [4.69, 9.17) is 0 Å². The molecule has 0 aromatic rings. The standard InChI is InChI=1S/C11H18F3N3O2/c1-2-15-9(18)8-16-3-5-17(6-4-16)10(19)7-11(12,13)14/h2-8H2,1H3,(H,15,18). The van der Waals surface area contributed by atoms with Crippen LogP contribution in [0.1, 0.15) is 13.3 Å². The molecule has 19 heavy (non-hydrogen) atoms. The van der Waals surface area contributed by atoms with Crippen molar-refractivity contribution in [1.82, 2.24) is 15.1 Å². The number of alkyl halides is 3. The number of piperazine rings is 1. The smallest absolute Gasteiger partial charge is 0.355 e. The van der Waals surface area contributed by atoms with Crippen LogP contribution in [0.2, 0.25) is 0 Å². The molecular formula is C11H18F3N3O2. The summed E-state index contributed by atoms with van der Waals surface area (Å²) >= 11 is 0. The van der Waals surface area contributed by atoms with E-state index in [1.165, 1.54) is 4.90 Å². The highest BCUT2D eigenvalue weighted by molar-refractivity contribution is 5.78. The molecule has 1 rings (SSSR count). The van der Waals surface area contributed by atoms with Crippen molar-refractivity contribution in [3.8, 4) is 0 Å². The first-order valence-electron chi connectivity index (χ1n) is 6.15. The van der Waals surface area contributed by atoms with Gasteiger partial charge in [-0.15, -0.1) is 0 Å². The lowest BCUT2D eigenvalue weighted by atomic mass is 10.2. The van der Waals surface area contributed by atoms with Gasteiger partial charge in [-0.05, 0) is 6.92 Å². The van der Waals surface area contributed by atoms with E-state index < -0.39 is 18.5 Å². The Morgan fingerprint density at radius 2 is 1.74 bits per heavy atom. The highest BCUT2D eigenvalue weighted by atomic mass is 19.4. The van der Waals surface area contributed by atoms with E-state index in [9.17, 15) is 22.8 Å². The number of hydrogen-bond acceptors (Lipinski definition) is 3. The summed E-state index contributed by atoms with van der Waals surface area (Å²) in [6.45, 7) is 3.87. The van der Waals surface area contributed by atoms with Crippen LogP contribution in [0.15, 0.2) is 0 Å². The molecule has 1 heterocycles. The molecule has 0 radical (unpaired) electrons. The van der Waals surface area contributed by atoms with Gasteiger partial charge in [0.2, 0.25) is 11.8 Å². The van der Waals surface area contributed by atoms with Crippen LogP contribution in [0.3, 0.4) is 0 Å². The van der Waals surface area contributed by atoms with Crippen molar-refractivity contribution >= 4 is 11.8 Å². The molecule has 1 fully saturated rings. The third-order valence-electron chi connectivity index (χ3n) is 2.82. The van der Waals surface area contributed by atoms with Gasteiger partial charge in [-0.1, -0.05) is 0 Å². The quantitative estimate of drug-likeness (QED) is 0.802. The monoisotopic (exact) mass is 281 g/mol. The Morgan fingerprint density at radius 1 is 1.16 bits per heavy atom. The number of amides is 2. The Bertz CT molecular complexity index is 326. The minimum Gasteiger partial charge on any atom is -0.355 e. The SMILES string of the molecule is CCNC(=O)CN1CCN(C(=O)CC(F)(F)F)CC1. The van der Waals surface area contributed by atoms with E-state index in [-0.39, 0.29) is 25.5 Å².